The van der Waals surface area contributed by atoms with Crippen LogP contribution in [0.4, 0.5) is 4.79 Å². The third-order valence-corrected chi connectivity index (χ3v) is 5.61. The summed E-state index contributed by atoms with van der Waals surface area (Å²) < 4.78 is 16.1. The Morgan fingerprint density at radius 3 is 2.25 bits per heavy atom. The number of hydrogen-bond donors (Lipinski definition) is 1. The van der Waals surface area contributed by atoms with Gasteiger partial charge in [-0.2, -0.15) is 0 Å². The molecule has 9 nitrogen and oxygen atoms in total. The highest BCUT2D eigenvalue weighted by atomic mass is 16.6. The molecule has 0 radical (unpaired) electrons. The molecule has 0 aromatic carbocycles. The highest BCUT2D eigenvalue weighted by Crippen LogP contribution is 2.42. The van der Waals surface area contributed by atoms with E-state index in [4.69, 9.17) is 14.2 Å². The van der Waals surface area contributed by atoms with Crippen molar-refractivity contribution in [3.8, 4) is 5.88 Å². The first-order valence-electron chi connectivity index (χ1n) is 10.7. The Kier molecular flexibility index (Phi) is 7.42. The van der Waals surface area contributed by atoms with Gasteiger partial charge in [0.15, 0.2) is 5.41 Å². The van der Waals surface area contributed by atoms with Crippen LogP contribution in [0.15, 0.2) is 0 Å². The van der Waals surface area contributed by atoms with Crippen LogP contribution in [-0.4, -0.2) is 64.9 Å². The maximum Gasteiger partial charge on any atom is 0.410 e. The second-order valence-corrected chi connectivity index (χ2v) is 9.43. The first-order chi connectivity index (χ1) is 14.7. The number of esters is 1. The van der Waals surface area contributed by atoms with E-state index < -0.39 is 29.0 Å². The Hall–Kier alpha value is -2.84. The number of amides is 1. The molecule has 1 unspecified atom stereocenters. The van der Waals surface area contributed by atoms with Crippen LogP contribution in [0.3, 0.4) is 0 Å². The van der Waals surface area contributed by atoms with Crippen molar-refractivity contribution >= 4 is 18.0 Å². The van der Waals surface area contributed by atoms with Gasteiger partial charge in [0, 0.05) is 30.1 Å². The lowest BCUT2D eigenvalue weighted by atomic mass is 9.84. The molecular weight excluding hydrogens is 416 g/mol. The fourth-order valence-corrected chi connectivity index (χ4v) is 3.86. The van der Waals surface area contributed by atoms with Crippen LogP contribution < -0.4 is 4.74 Å². The summed E-state index contributed by atoms with van der Waals surface area (Å²) in [5.41, 5.74) is 0.522. The molecule has 0 spiro atoms. The van der Waals surface area contributed by atoms with Crippen molar-refractivity contribution in [2.24, 2.45) is 5.41 Å². The number of hydrogen-bond acceptors (Lipinski definition) is 7. The number of aliphatic carboxylic acids is 1. The number of carboxylic acid groups (broad SMARTS) is 1. The molecule has 9 heteroatoms. The van der Waals surface area contributed by atoms with Gasteiger partial charge < -0.3 is 24.2 Å². The number of pyridine rings is 1. The van der Waals surface area contributed by atoms with Crippen molar-refractivity contribution in [1.29, 1.82) is 0 Å². The molecule has 1 heterocycles. The molecule has 0 fully saturated rings. The van der Waals surface area contributed by atoms with Gasteiger partial charge in [0.2, 0.25) is 5.88 Å². The Balaban J connectivity index is 2.20. The number of fused-ring (bicyclic) bond motifs is 1. The third-order valence-electron chi connectivity index (χ3n) is 5.61. The molecule has 1 aromatic heterocycles. The quantitative estimate of drug-likeness (QED) is 0.498. The van der Waals surface area contributed by atoms with E-state index in [1.54, 1.807) is 18.7 Å². The lowest BCUT2D eigenvalue weighted by molar-refractivity contribution is -0.166. The van der Waals surface area contributed by atoms with Crippen LogP contribution in [0, 0.1) is 19.3 Å². The zero-order chi connectivity index (χ0) is 24.4. The minimum absolute atomic E-state index is 0.0198. The highest BCUT2D eigenvalue weighted by molar-refractivity contribution is 6.00. The van der Waals surface area contributed by atoms with Crippen molar-refractivity contribution in [3.63, 3.8) is 0 Å². The molecule has 1 amide bonds. The highest BCUT2D eigenvalue weighted by Gasteiger charge is 2.53. The van der Waals surface area contributed by atoms with Gasteiger partial charge >= 0.3 is 18.0 Å². The molecule has 0 bridgehead atoms. The van der Waals surface area contributed by atoms with E-state index in [1.165, 1.54) is 7.11 Å². The Labute approximate surface area is 189 Å². The topological polar surface area (TPSA) is 115 Å². The maximum absolute atomic E-state index is 12.5. The van der Waals surface area contributed by atoms with Gasteiger partial charge in [-0.3, -0.25) is 9.59 Å². The van der Waals surface area contributed by atoms with Crippen LogP contribution >= 0.6 is 0 Å². The summed E-state index contributed by atoms with van der Waals surface area (Å²) >= 11 is 0. The lowest BCUT2D eigenvalue weighted by Gasteiger charge is -2.30. The van der Waals surface area contributed by atoms with Gasteiger partial charge in [0.25, 0.3) is 0 Å². The van der Waals surface area contributed by atoms with Gasteiger partial charge in [-0.15, -0.1) is 0 Å². The number of methoxy groups -OCH3 is 1. The minimum Gasteiger partial charge on any atom is -0.480 e. The monoisotopic (exact) mass is 450 g/mol. The van der Waals surface area contributed by atoms with E-state index in [-0.39, 0.29) is 25.5 Å². The minimum atomic E-state index is -1.65. The summed E-state index contributed by atoms with van der Waals surface area (Å²) in [6.07, 6.45) is -0.370. The first kappa shape index (κ1) is 25.4. The second-order valence-electron chi connectivity index (χ2n) is 9.43. The van der Waals surface area contributed by atoms with E-state index >= 15 is 0 Å². The van der Waals surface area contributed by atoms with Crippen molar-refractivity contribution < 1.29 is 33.7 Å². The van der Waals surface area contributed by atoms with E-state index in [0.717, 1.165) is 11.1 Å². The van der Waals surface area contributed by atoms with Crippen LogP contribution in [-0.2, 0) is 31.9 Å². The molecule has 178 valence electrons. The normalized spacial score (nSPS) is 17.7. The van der Waals surface area contributed by atoms with E-state index in [1.807, 2.05) is 34.6 Å². The molecule has 1 atom stereocenters. The SMILES string of the molecule is COC(=O)C1(C(=O)O)Cc2c(C)nc(OCCN(C(=O)OC(C)(C)C)C(C)C)c(C)c2C1. The largest absolute Gasteiger partial charge is 0.480 e. The summed E-state index contributed by atoms with van der Waals surface area (Å²) in [4.78, 5) is 42.8. The number of aromatic nitrogens is 1. The van der Waals surface area contributed by atoms with Crippen molar-refractivity contribution in [2.45, 2.75) is 73.0 Å². The van der Waals surface area contributed by atoms with E-state index in [0.29, 0.717) is 23.7 Å². The molecular formula is C23H34N2O7. The number of carbonyl (C=O) groups excluding carboxylic acids is 2. The van der Waals surface area contributed by atoms with Crippen LogP contribution in [0.2, 0.25) is 0 Å². The molecule has 1 aliphatic rings. The Morgan fingerprint density at radius 2 is 1.75 bits per heavy atom. The second kappa shape index (κ2) is 9.34. The number of carboxylic acids is 1. The smallest absolute Gasteiger partial charge is 0.410 e. The fraction of sp³-hybridized carbons (Fsp3) is 0.652. The molecule has 0 aliphatic heterocycles. The maximum atomic E-state index is 12.5. The summed E-state index contributed by atoms with van der Waals surface area (Å²) in [6.45, 7) is 13.3. The summed E-state index contributed by atoms with van der Waals surface area (Å²) in [7, 11) is 1.19. The molecule has 0 saturated heterocycles. The van der Waals surface area contributed by atoms with E-state index in [9.17, 15) is 19.5 Å². The molecule has 1 aliphatic carbocycles. The lowest BCUT2D eigenvalue weighted by Crippen LogP contribution is -2.43. The Morgan fingerprint density at radius 1 is 1.16 bits per heavy atom. The van der Waals surface area contributed by atoms with Crippen molar-refractivity contribution in [1.82, 2.24) is 9.88 Å². The van der Waals surface area contributed by atoms with Gasteiger partial charge in [0.1, 0.15) is 12.2 Å². The van der Waals surface area contributed by atoms with Gasteiger partial charge in [-0.25, -0.2) is 9.78 Å². The van der Waals surface area contributed by atoms with Gasteiger partial charge in [0.05, 0.1) is 13.7 Å². The first-order valence-corrected chi connectivity index (χ1v) is 10.7. The number of carbonyl (C=O) groups is 3. The fourth-order valence-electron chi connectivity index (χ4n) is 3.86. The zero-order valence-electron chi connectivity index (χ0n) is 20.2. The molecule has 2 rings (SSSR count). The molecule has 32 heavy (non-hydrogen) atoms. The number of rotatable bonds is 7. The van der Waals surface area contributed by atoms with Gasteiger partial charge in [-0.05, 0) is 59.6 Å². The van der Waals surface area contributed by atoms with Crippen molar-refractivity contribution in [3.05, 3.63) is 22.4 Å². The molecule has 0 saturated carbocycles. The average molecular weight is 451 g/mol. The number of nitrogens with zero attached hydrogens (tertiary/aromatic N) is 2. The predicted molar refractivity (Wildman–Crippen MR) is 117 cm³/mol. The summed E-state index contributed by atoms with van der Waals surface area (Å²) in [5.74, 6) is -1.63. The summed E-state index contributed by atoms with van der Waals surface area (Å²) in [5, 5.41) is 9.77. The van der Waals surface area contributed by atoms with Crippen LogP contribution in [0.5, 0.6) is 5.88 Å². The molecule has 1 N–H and O–H groups in total. The average Bonchev–Trinajstić information content (AvgIpc) is 3.09. The van der Waals surface area contributed by atoms with Crippen LogP contribution in [0.25, 0.3) is 0 Å². The predicted octanol–water partition coefficient (Wildman–Crippen LogP) is 3.07. The van der Waals surface area contributed by atoms with Gasteiger partial charge in [-0.1, -0.05) is 0 Å². The zero-order valence-corrected chi connectivity index (χ0v) is 20.2. The van der Waals surface area contributed by atoms with Crippen LogP contribution in [0.1, 0.15) is 57.0 Å². The van der Waals surface area contributed by atoms with E-state index in [2.05, 4.69) is 4.98 Å². The Bertz CT molecular complexity index is 905. The molecule has 1 aromatic rings. The number of aryl methyl sites for hydroxylation is 1. The summed E-state index contributed by atoms with van der Waals surface area (Å²) in [6, 6.07) is -0.0829. The third kappa shape index (κ3) is 5.14. The van der Waals surface area contributed by atoms with Crippen molar-refractivity contribution in [2.75, 3.05) is 20.3 Å². The number of ether oxygens (including phenoxy) is 3. The standard InChI is InChI=1S/C23H34N2O7/c1-13(2)25(21(29)32-22(5,6)7)9-10-31-18-14(3)16-11-23(19(26)27,20(28)30-8)12-17(16)15(4)24-18/h13H,9-12H2,1-8H3,(H,26,27).